The van der Waals surface area contributed by atoms with Crippen molar-refractivity contribution in [1.82, 2.24) is 4.57 Å². The molecule has 1 aromatic heterocycles. The van der Waals surface area contributed by atoms with Gasteiger partial charge in [0.2, 0.25) is 5.91 Å². The van der Waals surface area contributed by atoms with Gasteiger partial charge >= 0.3 is 0 Å². The molecule has 5 heteroatoms. The fourth-order valence-corrected chi connectivity index (χ4v) is 5.46. The van der Waals surface area contributed by atoms with Crippen molar-refractivity contribution >= 4 is 45.7 Å². The van der Waals surface area contributed by atoms with Crippen LogP contribution < -0.4 is 9.80 Å². The molecule has 174 valence electrons. The van der Waals surface area contributed by atoms with E-state index in [1.807, 2.05) is 94.2 Å². The van der Waals surface area contributed by atoms with Crippen LogP contribution in [0.25, 0.3) is 22.6 Å². The molecule has 0 bridgehead atoms. The number of carbonyl (C=O) groups excluding carboxylic acids is 2. The molecule has 4 aromatic rings. The molecule has 6 rings (SSSR count). The highest BCUT2D eigenvalue weighted by molar-refractivity contribution is 6.36. The van der Waals surface area contributed by atoms with Crippen molar-refractivity contribution in [3.05, 3.63) is 95.7 Å². The van der Waals surface area contributed by atoms with Gasteiger partial charge in [0.1, 0.15) is 6.54 Å². The zero-order valence-corrected chi connectivity index (χ0v) is 19.8. The highest BCUT2D eigenvalue weighted by atomic mass is 16.2. The number of hydrogen-bond donors (Lipinski definition) is 0. The van der Waals surface area contributed by atoms with Crippen LogP contribution in [0.15, 0.2) is 79.0 Å². The fourth-order valence-electron chi connectivity index (χ4n) is 5.46. The third-order valence-electron chi connectivity index (χ3n) is 7.11. The molecule has 0 saturated heterocycles. The van der Waals surface area contributed by atoms with E-state index in [4.69, 9.17) is 0 Å². The Balaban J connectivity index is 1.39. The van der Waals surface area contributed by atoms with E-state index in [1.54, 1.807) is 0 Å². The highest BCUT2D eigenvalue weighted by Gasteiger charge is 2.31. The number of fused-ring (bicyclic) bond motifs is 3. The minimum absolute atomic E-state index is 0.0199. The Hall–Kier alpha value is -4.12. The van der Waals surface area contributed by atoms with Gasteiger partial charge in [-0.15, -0.1) is 0 Å². The summed E-state index contributed by atoms with van der Waals surface area (Å²) < 4.78 is 2.02. The second-order valence-corrected chi connectivity index (χ2v) is 9.13. The zero-order chi connectivity index (χ0) is 23.9. The molecule has 2 amide bonds. The van der Waals surface area contributed by atoms with E-state index >= 15 is 0 Å². The molecule has 0 radical (unpaired) electrons. The first kappa shape index (κ1) is 21.4. The molecule has 2 aliphatic heterocycles. The van der Waals surface area contributed by atoms with Crippen LogP contribution in [-0.4, -0.2) is 29.5 Å². The summed E-state index contributed by atoms with van der Waals surface area (Å²) in [7, 11) is 0. The number of rotatable bonds is 4. The Morgan fingerprint density at radius 3 is 2.54 bits per heavy atom. The van der Waals surface area contributed by atoms with E-state index in [1.165, 1.54) is 5.56 Å². The van der Waals surface area contributed by atoms with Gasteiger partial charge in [-0.25, -0.2) is 0 Å². The predicted molar refractivity (Wildman–Crippen MR) is 141 cm³/mol. The minimum Gasteiger partial charge on any atom is -0.337 e. The first-order valence-electron chi connectivity index (χ1n) is 12.2. The zero-order valence-electron chi connectivity index (χ0n) is 19.8. The number of benzene rings is 3. The van der Waals surface area contributed by atoms with Crippen LogP contribution in [-0.2, 0) is 22.6 Å². The number of aryl methyl sites for hydroxylation is 1. The summed E-state index contributed by atoms with van der Waals surface area (Å²) in [6, 6.07) is 24.2. The molecule has 2 aliphatic rings. The number of likely N-dealkylation sites (N-methyl/N-ethyl adjacent to an activating group) is 1. The van der Waals surface area contributed by atoms with E-state index in [0.717, 1.165) is 52.8 Å². The van der Waals surface area contributed by atoms with E-state index in [9.17, 15) is 9.59 Å². The molecule has 0 saturated carbocycles. The number of para-hydroxylation sites is 3. The van der Waals surface area contributed by atoms with Crippen LogP contribution in [0.3, 0.4) is 0 Å². The second-order valence-electron chi connectivity index (χ2n) is 9.13. The fraction of sp³-hybridized carbons (Fsp3) is 0.200. The van der Waals surface area contributed by atoms with Crippen LogP contribution in [0.1, 0.15) is 30.0 Å². The van der Waals surface area contributed by atoms with Gasteiger partial charge in [-0.2, -0.15) is 0 Å². The SMILES string of the molecule is CCN1C(=O)/C(=C/c2cn(CC(=O)N3CCCc4ccccc43)c3ccccc23)c2ccccc21. The lowest BCUT2D eigenvalue weighted by molar-refractivity contribution is -0.119. The highest BCUT2D eigenvalue weighted by Crippen LogP contribution is 2.38. The standard InChI is InChI=1S/C30H27N3O2/c1-2-32-28-16-8-5-13-24(28)25(30(32)35)18-22-19-31(27-15-7-4-12-23(22)27)20-29(34)33-17-9-11-21-10-3-6-14-26(21)33/h3-8,10,12-16,18-19H,2,9,11,17,20H2,1H3/b25-18+. The lowest BCUT2D eigenvalue weighted by Crippen LogP contribution is -2.37. The number of carbonyl (C=O) groups is 2. The average molecular weight is 462 g/mol. The lowest BCUT2D eigenvalue weighted by atomic mass is 10.0. The van der Waals surface area contributed by atoms with E-state index in [-0.39, 0.29) is 18.4 Å². The molecule has 0 aliphatic carbocycles. The molecule has 0 atom stereocenters. The first-order valence-corrected chi connectivity index (χ1v) is 12.2. The topological polar surface area (TPSA) is 45.6 Å². The van der Waals surface area contributed by atoms with E-state index < -0.39 is 0 Å². The number of aromatic nitrogens is 1. The summed E-state index contributed by atoms with van der Waals surface area (Å²) in [5, 5.41) is 1.03. The van der Waals surface area contributed by atoms with Gasteiger partial charge < -0.3 is 14.4 Å². The quantitative estimate of drug-likeness (QED) is 0.375. The van der Waals surface area contributed by atoms with Crippen molar-refractivity contribution < 1.29 is 9.59 Å². The van der Waals surface area contributed by atoms with Crippen LogP contribution in [0.2, 0.25) is 0 Å². The Morgan fingerprint density at radius 2 is 1.69 bits per heavy atom. The number of nitrogens with zero attached hydrogens (tertiary/aromatic N) is 3. The maximum atomic E-state index is 13.5. The van der Waals surface area contributed by atoms with Crippen LogP contribution >= 0.6 is 0 Å². The van der Waals surface area contributed by atoms with Crippen LogP contribution in [0.5, 0.6) is 0 Å². The van der Waals surface area contributed by atoms with Gasteiger partial charge in [0, 0.05) is 52.6 Å². The van der Waals surface area contributed by atoms with E-state index in [0.29, 0.717) is 12.1 Å². The summed E-state index contributed by atoms with van der Waals surface area (Å²) in [6.07, 6.45) is 5.97. The van der Waals surface area contributed by atoms with Gasteiger partial charge in [-0.1, -0.05) is 54.6 Å². The monoisotopic (exact) mass is 461 g/mol. The Kier molecular flexibility index (Phi) is 5.25. The smallest absolute Gasteiger partial charge is 0.258 e. The van der Waals surface area contributed by atoms with E-state index in [2.05, 4.69) is 12.1 Å². The normalized spacial score (nSPS) is 16.1. The molecule has 0 N–H and O–H groups in total. The summed E-state index contributed by atoms with van der Waals surface area (Å²) in [5.74, 6) is 0.100. The Labute approximate surface area is 204 Å². The van der Waals surface area contributed by atoms with Crippen molar-refractivity contribution in [3.63, 3.8) is 0 Å². The Morgan fingerprint density at radius 1 is 0.943 bits per heavy atom. The first-order chi connectivity index (χ1) is 17.2. The average Bonchev–Trinajstić information content (AvgIpc) is 3.38. The van der Waals surface area contributed by atoms with Crippen molar-refractivity contribution in [2.45, 2.75) is 26.3 Å². The minimum atomic E-state index is 0.0199. The molecule has 0 unspecified atom stereocenters. The van der Waals surface area contributed by atoms with Gasteiger partial charge in [0.25, 0.3) is 5.91 Å². The molecule has 35 heavy (non-hydrogen) atoms. The van der Waals surface area contributed by atoms with Crippen LogP contribution in [0.4, 0.5) is 11.4 Å². The maximum absolute atomic E-state index is 13.5. The molecule has 5 nitrogen and oxygen atoms in total. The molecule has 0 fully saturated rings. The van der Waals surface area contributed by atoms with Gasteiger partial charge in [0.05, 0.1) is 5.69 Å². The maximum Gasteiger partial charge on any atom is 0.258 e. The number of amides is 2. The second kappa shape index (κ2) is 8.58. The molecular weight excluding hydrogens is 434 g/mol. The lowest BCUT2D eigenvalue weighted by Gasteiger charge is -2.29. The third kappa shape index (κ3) is 3.55. The molecule has 3 aromatic carbocycles. The van der Waals surface area contributed by atoms with Crippen molar-refractivity contribution in [1.29, 1.82) is 0 Å². The van der Waals surface area contributed by atoms with Crippen molar-refractivity contribution in [2.75, 3.05) is 22.9 Å². The van der Waals surface area contributed by atoms with Crippen molar-refractivity contribution in [3.8, 4) is 0 Å². The number of hydrogen-bond acceptors (Lipinski definition) is 2. The van der Waals surface area contributed by atoms with Gasteiger partial charge in [-0.3, -0.25) is 9.59 Å². The Bertz CT molecular complexity index is 1500. The largest absolute Gasteiger partial charge is 0.337 e. The summed E-state index contributed by atoms with van der Waals surface area (Å²) in [4.78, 5) is 30.4. The van der Waals surface area contributed by atoms with Crippen molar-refractivity contribution in [2.24, 2.45) is 0 Å². The summed E-state index contributed by atoms with van der Waals surface area (Å²) in [5.41, 5.74) is 6.80. The molecular formula is C30H27N3O2. The number of anilines is 2. The van der Waals surface area contributed by atoms with Gasteiger partial charge in [0.15, 0.2) is 0 Å². The van der Waals surface area contributed by atoms with Crippen LogP contribution in [0, 0.1) is 0 Å². The third-order valence-corrected chi connectivity index (χ3v) is 7.11. The summed E-state index contributed by atoms with van der Waals surface area (Å²) >= 11 is 0. The summed E-state index contributed by atoms with van der Waals surface area (Å²) in [6.45, 7) is 3.61. The molecule has 3 heterocycles. The predicted octanol–water partition coefficient (Wildman–Crippen LogP) is 5.53. The molecule has 0 spiro atoms. The van der Waals surface area contributed by atoms with Gasteiger partial charge in [-0.05, 0) is 49.6 Å².